The molecule has 0 atom stereocenters. The summed E-state index contributed by atoms with van der Waals surface area (Å²) in [6, 6.07) is 5.35. The lowest BCUT2D eigenvalue weighted by atomic mass is 10.2. The van der Waals surface area contributed by atoms with E-state index < -0.39 is 10.0 Å². The van der Waals surface area contributed by atoms with Crippen molar-refractivity contribution in [3.8, 4) is 0 Å². The van der Waals surface area contributed by atoms with E-state index >= 15 is 0 Å². The van der Waals surface area contributed by atoms with Crippen molar-refractivity contribution in [3.05, 3.63) is 29.3 Å². The Labute approximate surface area is 145 Å². The summed E-state index contributed by atoms with van der Waals surface area (Å²) in [5, 5.41) is 0. The Morgan fingerprint density at radius 1 is 1.12 bits per heavy atom. The van der Waals surface area contributed by atoms with Crippen molar-refractivity contribution in [2.75, 3.05) is 40.3 Å². The Bertz CT molecular complexity index is 657. The second kappa shape index (κ2) is 9.15. The Balaban J connectivity index is 2.62. The number of aryl methyl sites for hydroxylation is 2. The number of hydrogen-bond acceptors (Lipinski definition) is 4. The molecule has 1 N–H and O–H groups in total. The molecule has 0 aliphatic rings. The third-order valence-electron chi connectivity index (χ3n) is 3.79. The molecule has 0 aliphatic heterocycles. The predicted molar refractivity (Wildman–Crippen MR) is 96.5 cm³/mol. The molecule has 1 amide bonds. The smallest absolute Gasteiger partial charge is 0.240 e. The van der Waals surface area contributed by atoms with E-state index in [1.54, 1.807) is 24.0 Å². The summed E-state index contributed by atoms with van der Waals surface area (Å²) < 4.78 is 27.5. The normalized spacial score (nSPS) is 11.8. The van der Waals surface area contributed by atoms with Gasteiger partial charge >= 0.3 is 0 Å². The van der Waals surface area contributed by atoms with Crippen molar-refractivity contribution >= 4 is 15.9 Å². The molecule has 7 heteroatoms. The number of nitrogens with zero attached hydrogens (tertiary/aromatic N) is 2. The van der Waals surface area contributed by atoms with E-state index in [1.165, 1.54) is 6.92 Å². The van der Waals surface area contributed by atoms with Crippen LogP contribution in [0.25, 0.3) is 0 Å². The fourth-order valence-corrected chi connectivity index (χ4v) is 3.74. The molecule has 0 radical (unpaired) electrons. The van der Waals surface area contributed by atoms with Gasteiger partial charge < -0.3 is 9.80 Å². The minimum Gasteiger partial charge on any atom is -0.342 e. The average Bonchev–Trinajstić information content (AvgIpc) is 2.47. The molecular formula is C17H29N3O3S. The van der Waals surface area contributed by atoms with Crippen LogP contribution in [0.1, 0.15) is 24.5 Å². The molecule has 0 saturated carbocycles. The maximum absolute atomic E-state index is 12.4. The van der Waals surface area contributed by atoms with E-state index in [0.717, 1.165) is 18.5 Å². The number of carbonyl (C=O) groups is 1. The third-order valence-corrected chi connectivity index (χ3v) is 5.39. The lowest BCUT2D eigenvalue weighted by Gasteiger charge is -2.22. The summed E-state index contributed by atoms with van der Waals surface area (Å²) in [7, 11) is 0.400. The molecule has 0 unspecified atom stereocenters. The SMILES string of the molecule is CC(=O)N(CCCN(C)C)CCNS(=O)(=O)c1cc(C)ccc1C. The van der Waals surface area contributed by atoms with Crippen LogP contribution in [0, 0.1) is 13.8 Å². The quantitative estimate of drug-likeness (QED) is 0.727. The third kappa shape index (κ3) is 6.59. The van der Waals surface area contributed by atoms with Crippen LogP contribution in [0.5, 0.6) is 0 Å². The van der Waals surface area contributed by atoms with Gasteiger partial charge in [-0.2, -0.15) is 0 Å². The molecule has 0 aliphatic carbocycles. The standard InChI is InChI=1S/C17H29N3O3S/c1-14-7-8-15(2)17(13-14)24(22,23)18-9-12-20(16(3)21)11-6-10-19(4)5/h7-8,13,18H,6,9-12H2,1-5H3. The van der Waals surface area contributed by atoms with Crippen LogP contribution in [0.4, 0.5) is 0 Å². The van der Waals surface area contributed by atoms with Gasteiger partial charge in [-0.05, 0) is 58.1 Å². The van der Waals surface area contributed by atoms with Gasteiger partial charge in [-0.1, -0.05) is 12.1 Å². The molecular weight excluding hydrogens is 326 g/mol. The first-order valence-corrected chi connectivity index (χ1v) is 9.59. The molecule has 0 spiro atoms. The maximum Gasteiger partial charge on any atom is 0.240 e. The Morgan fingerprint density at radius 2 is 1.79 bits per heavy atom. The van der Waals surface area contributed by atoms with Crippen molar-refractivity contribution in [1.29, 1.82) is 0 Å². The van der Waals surface area contributed by atoms with Gasteiger partial charge in [-0.3, -0.25) is 4.79 Å². The molecule has 0 heterocycles. The minimum atomic E-state index is -3.56. The molecule has 6 nitrogen and oxygen atoms in total. The average molecular weight is 356 g/mol. The zero-order chi connectivity index (χ0) is 18.3. The summed E-state index contributed by atoms with van der Waals surface area (Å²) in [6.45, 7) is 7.23. The highest BCUT2D eigenvalue weighted by molar-refractivity contribution is 7.89. The number of hydrogen-bond donors (Lipinski definition) is 1. The number of rotatable bonds is 9. The van der Waals surface area contributed by atoms with Crippen molar-refractivity contribution in [2.45, 2.75) is 32.1 Å². The highest BCUT2D eigenvalue weighted by Crippen LogP contribution is 2.16. The summed E-state index contributed by atoms with van der Waals surface area (Å²) in [6.07, 6.45) is 0.857. The van der Waals surface area contributed by atoms with Crippen LogP contribution in [0.2, 0.25) is 0 Å². The van der Waals surface area contributed by atoms with Gasteiger partial charge in [-0.25, -0.2) is 13.1 Å². The zero-order valence-electron chi connectivity index (χ0n) is 15.3. The van der Waals surface area contributed by atoms with Gasteiger partial charge in [0.1, 0.15) is 0 Å². The van der Waals surface area contributed by atoms with Gasteiger partial charge in [-0.15, -0.1) is 0 Å². The van der Waals surface area contributed by atoms with Gasteiger partial charge in [0.2, 0.25) is 15.9 Å². The van der Waals surface area contributed by atoms with E-state index in [9.17, 15) is 13.2 Å². The van der Waals surface area contributed by atoms with Crippen LogP contribution in [0.3, 0.4) is 0 Å². The van der Waals surface area contributed by atoms with Crippen LogP contribution >= 0.6 is 0 Å². The highest BCUT2D eigenvalue weighted by atomic mass is 32.2. The summed E-state index contributed by atoms with van der Waals surface area (Å²) in [5.41, 5.74) is 1.61. The van der Waals surface area contributed by atoms with E-state index in [1.807, 2.05) is 27.1 Å². The molecule has 1 rings (SSSR count). The van der Waals surface area contributed by atoms with Crippen LogP contribution in [-0.4, -0.2) is 64.4 Å². The number of nitrogens with one attached hydrogen (secondary N) is 1. The fourth-order valence-electron chi connectivity index (χ4n) is 2.39. The molecule has 1 aromatic rings. The van der Waals surface area contributed by atoms with E-state index in [-0.39, 0.29) is 12.5 Å². The van der Waals surface area contributed by atoms with Crippen molar-refractivity contribution in [3.63, 3.8) is 0 Å². The largest absolute Gasteiger partial charge is 0.342 e. The summed E-state index contributed by atoms with van der Waals surface area (Å²) in [4.78, 5) is 15.7. The zero-order valence-corrected chi connectivity index (χ0v) is 16.1. The summed E-state index contributed by atoms with van der Waals surface area (Å²) in [5.74, 6) is -0.0420. The maximum atomic E-state index is 12.4. The molecule has 0 bridgehead atoms. The lowest BCUT2D eigenvalue weighted by molar-refractivity contribution is -0.128. The van der Waals surface area contributed by atoms with E-state index in [0.29, 0.717) is 23.5 Å². The fraction of sp³-hybridized carbons (Fsp3) is 0.588. The van der Waals surface area contributed by atoms with Crippen LogP contribution < -0.4 is 4.72 Å². The lowest BCUT2D eigenvalue weighted by Crippen LogP contribution is -2.38. The first-order valence-electron chi connectivity index (χ1n) is 8.10. The number of amides is 1. The molecule has 24 heavy (non-hydrogen) atoms. The minimum absolute atomic E-state index is 0.0420. The first kappa shape index (κ1) is 20.6. The highest BCUT2D eigenvalue weighted by Gasteiger charge is 2.17. The number of sulfonamides is 1. The molecule has 1 aromatic carbocycles. The van der Waals surface area contributed by atoms with E-state index in [2.05, 4.69) is 9.62 Å². The first-order chi connectivity index (χ1) is 11.1. The van der Waals surface area contributed by atoms with Gasteiger partial charge in [0.25, 0.3) is 0 Å². The Morgan fingerprint density at radius 3 is 2.38 bits per heavy atom. The molecule has 0 fully saturated rings. The predicted octanol–water partition coefficient (Wildman–Crippen LogP) is 1.38. The van der Waals surface area contributed by atoms with Gasteiger partial charge in [0.05, 0.1) is 4.90 Å². The second-order valence-corrected chi connectivity index (χ2v) is 8.06. The molecule has 0 aromatic heterocycles. The summed E-state index contributed by atoms with van der Waals surface area (Å²) >= 11 is 0. The Kier molecular flexibility index (Phi) is 7.86. The second-order valence-electron chi connectivity index (χ2n) is 6.33. The van der Waals surface area contributed by atoms with Crippen molar-refractivity contribution < 1.29 is 13.2 Å². The Hall–Kier alpha value is -1.44. The van der Waals surface area contributed by atoms with Crippen molar-refractivity contribution in [1.82, 2.24) is 14.5 Å². The molecule has 136 valence electrons. The topological polar surface area (TPSA) is 69.7 Å². The van der Waals surface area contributed by atoms with Gasteiger partial charge in [0.15, 0.2) is 0 Å². The van der Waals surface area contributed by atoms with Crippen molar-refractivity contribution in [2.24, 2.45) is 0 Å². The number of benzene rings is 1. The molecule has 0 saturated heterocycles. The monoisotopic (exact) mass is 355 g/mol. The van der Waals surface area contributed by atoms with E-state index in [4.69, 9.17) is 0 Å². The van der Waals surface area contributed by atoms with Gasteiger partial charge in [0, 0.05) is 26.6 Å². The van der Waals surface area contributed by atoms with Crippen LogP contribution in [-0.2, 0) is 14.8 Å². The number of carbonyl (C=O) groups excluding carboxylic acids is 1. The van der Waals surface area contributed by atoms with Crippen LogP contribution in [0.15, 0.2) is 23.1 Å².